The molecule has 0 aliphatic carbocycles. The molecule has 0 saturated carbocycles. The number of hydrogen-bond donors (Lipinski definition) is 2. The van der Waals surface area contributed by atoms with Crippen LogP contribution in [0.1, 0.15) is 20.8 Å². The molecule has 0 spiro atoms. The van der Waals surface area contributed by atoms with E-state index in [2.05, 4.69) is 10.0 Å². The largest absolute Gasteiger partial charge is 0.353 e. The van der Waals surface area contributed by atoms with Crippen molar-refractivity contribution < 1.29 is 13.2 Å². The van der Waals surface area contributed by atoms with E-state index in [0.717, 1.165) is 0 Å². The molecule has 0 heterocycles. The van der Waals surface area contributed by atoms with E-state index < -0.39 is 21.3 Å². The number of rotatable bonds is 5. The van der Waals surface area contributed by atoms with E-state index in [1.54, 1.807) is 13.8 Å². The highest BCUT2D eigenvalue weighted by atomic mass is 35.5. The molecule has 1 atom stereocenters. The molecule has 0 aliphatic heterocycles. The SMILES string of the molecule is CC(C)NC(=O)C(C)NS(=O)(=O)CCl. The van der Waals surface area contributed by atoms with E-state index in [1.165, 1.54) is 6.92 Å². The highest BCUT2D eigenvalue weighted by Crippen LogP contribution is 1.93. The maximum absolute atomic E-state index is 11.3. The minimum atomic E-state index is -3.54. The first-order valence-electron chi connectivity index (χ1n) is 4.15. The van der Waals surface area contributed by atoms with Crippen molar-refractivity contribution in [2.45, 2.75) is 32.9 Å². The van der Waals surface area contributed by atoms with Gasteiger partial charge in [0.05, 0.1) is 6.04 Å². The fraction of sp³-hybridized carbons (Fsp3) is 0.857. The molecule has 0 radical (unpaired) electrons. The highest BCUT2D eigenvalue weighted by Gasteiger charge is 2.19. The van der Waals surface area contributed by atoms with Crippen LogP contribution >= 0.6 is 11.6 Å². The van der Waals surface area contributed by atoms with Crippen LogP contribution in [0.3, 0.4) is 0 Å². The highest BCUT2D eigenvalue weighted by molar-refractivity contribution is 7.90. The van der Waals surface area contributed by atoms with Crippen LogP contribution in [-0.2, 0) is 14.8 Å². The van der Waals surface area contributed by atoms with Crippen molar-refractivity contribution in [1.29, 1.82) is 0 Å². The first-order valence-corrected chi connectivity index (χ1v) is 6.33. The molecule has 14 heavy (non-hydrogen) atoms. The summed E-state index contributed by atoms with van der Waals surface area (Å²) in [5.74, 6) is -0.367. The Kier molecular flexibility index (Phi) is 5.40. The molecule has 0 fully saturated rings. The molecule has 2 N–H and O–H groups in total. The van der Waals surface area contributed by atoms with Crippen molar-refractivity contribution in [3.05, 3.63) is 0 Å². The summed E-state index contributed by atoms with van der Waals surface area (Å²) in [5.41, 5.74) is 0. The van der Waals surface area contributed by atoms with Crippen LogP contribution < -0.4 is 10.0 Å². The molecule has 0 aromatic carbocycles. The minimum Gasteiger partial charge on any atom is -0.353 e. The van der Waals surface area contributed by atoms with E-state index in [-0.39, 0.29) is 11.9 Å². The molecule has 5 nitrogen and oxygen atoms in total. The van der Waals surface area contributed by atoms with Gasteiger partial charge in [-0.15, -0.1) is 11.6 Å². The monoisotopic (exact) mass is 242 g/mol. The van der Waals surface area contributed by atoms with Gasteiger partial charge in [-0.2, -0.15) is 0 Å². The van der Waals surface area contributed by atoms with Gasteiger partial charge in [0, 0.05) is 6.04 Å². The number of amides is 1. The summed E-state index contributed by atoms with van der Waals surface area (Å²) in [7, 11) is -3.54. The Morgan fingerprint density at radius 2 is 1.86 bits per heavy atom. The third-order valence-electron chi connectivity index (χ3n) is 1.32. The van der Waals surface area contributed by atoms with Crippen LogP contribution in [0.5, 0.6) is 0 Å². The zero-order valence-corrected chi connectivity index (χ0v) is 9.95. The lowest BCUT2D eigenvalue weighted by Crippen LogP contribution is -2.46. The van der Waals surface area contributed by atoms with Gasteiger partial charge in [0.25, 0.3) is 0 Å². The van der Waals surface area contributed by atoms with Gasteiger partial charge in [-0.1, -0.05) is 0 Å². The van der Waals surface area contributed by atoms with E-state index in [0.29, 0.717) is 0 Å². The lowest BCUT2D eigenvalue weighted by Gasteiger charge is -2.15. The molecule has 0 bridgehead atoms. The third-order valence-corrected chi connectivity index (χ3v) is 3.19. The van der Waals surface area contributed by atoms with E-state index >= 15 is 0 Å². The molecule has 0 aromatic rings. The summed E-state index contributed by atoms with van der Waals surface area (Å²) < 4.78 is 24.1. The predicted octanol–water partition coefficient (Wildman–Crippen LogP) is 0.0152. The summed E-state index contributed by atoms with van der Waals surface area (Å²) >= 11 is 5.17. The zero-order valence-electron chi connectivity index (χ0n) is 8.37. The van der Waals surface area contributed by atoms with E-state index in [1.807, 2.05) is 0 Å². The molecule has 84 valence electrons. The average Bonchev–Trinajstić information content (AvgIpc) is 2.02. The number of halogens is 1. The predicted molar refractivity (Wildman–Crippen MR) is 55.5 cm³/mol. The van der Waals surface area contributed by atoms with Crippen molar-refractivity contribution in [2.24, 2.45) is 0 Å². The third kappa shape index (κ3) is 5.41. The van der Waals surface area contributed by atoms with Gasteiger partial charge in [0.2, 0.25) is 15.9 Å². The van der Waals surface area contributed by atoms with Crippen LogP contribution in [0.15, 0.2) is 0 Å². The second kappa shape index (κ2) is 5.53. The number of alkyl halides is 1. The van der Waals surface area contributed by atoms with Gasteiger partial charge in [-0.05, 0) is 20.8 Å². The van der Waals surface area contributed by atoms with E-state index in [4.69, 9.17) is 11.6 Å². The summed E-state index contributed by atoms with van der Waals surface area (Å²) in [4.78, 5) is 11.3. The van der Waals surface area contributed by atoms with Crippen LogP contribution in [0, 0.1) is 0 Å². The Hall–Kier alpha value is -0.330. The molecule has 0 rings (SSSR count). The molecule has 7 heteroatoms. The summed E-state index contributed by atoms with van der Waals surface area (Å²) in [6, 6.07) is -0.827. The molecule has 1 unspecified atom stereocenters. The average molecular weight is 243 g/mol. The normalized spacial score (nSPS) is 14.1. The Morgan fingerprint density at radius 1 is 1.36 bits per heavy atom. The fourth-order valence-electron chi connectivity index (χ4n) is 0.764. The van der Waals surface area contributed by atoms with Gasteiger partial charge in [0.1, 0.15) is 5.21 Å². The van der Waals surface area contributed by atoms with Gasteiger partial charge in [0.15, 0.2) is 0 Å². The molecular formula is C7H15ClN2O3S. The topological polar surface area (TPSA) is 75.3 Å². The van der Waals surface area contributed by atoms with Gasteiger partial charge in [-0.3, -0.25) is 4.79 Å². The quantitative estimate of drug-likeness (QED) is 0.668. The Labute approximate surface area is 89.3 Å². The van der Waals surface area contributed by atoms with Crippen molar-refractivity contribution in [1.82, 2.24) is 10.0 Å². The summed E-state index contributed by atoms with van der Waals surface area (Å²) in [5, 5.41) is 2.03. The first-order chi connectivity index (χ1) is 6.28. The summed E-state index contributed by atoms with van der Waals surface area (Å²) in [6.07, 6.45) is 0. The standard InChI is InChI=1S/C7H15ClN2O3S/c1-5(2)9-7(11)6(3)10-14(12,13)4-8/h5-6,10H,4H2,1-3H3,(H,9,11). The summed E-state index contributed by atoms with van der Waals surface area (Å²) in [6.45, 7) is 5.04. The van der Waals surface area contributed by atoms with Crippen LogP contribution in [-0.4, -0.2) is 31.6 Å². The second-order valence-corrected chi connectivity index (χ2v) is 5.56. The number of nitrogens with one attached hydrogen (secondary N) is 2. The molecule has 1 amide bonds. The molecule has 0 aromatic heterocycles. The number of carbonyl (C=O) groups excluding carboxylic acids is 1. The van der Waals surface area contributed by atoms with Crippen LogP contribution in [0.4, 0.5) is 0 Å². The van der Waals surface area contributed by atoms with Crippen LogP contribution in [0.25, 0.3) is 0 Å². The van der Waals surface area contributed by atoms with Crippen LogP contribution in [0.2, 0.25) is 0 Å². The number of sulfonamides is 1. The lowest BCUT2D eigenvalue weighted by atomic mass is 10.3. The van der Waals surface area contributed by atoms with Crippen molar-refractivity contribution in [3.8, 4) is 0 Å². The van der Waals surface area contributed by atoms with Gasteiger partial charge in [-0.25, -0.2) is 13.1 Å². The number of hydrogen-bond acceptors (Lipinski definition) is 3. The minimum absolute atomic E-state index is 0.0227. The molecule has 0 aliphatic rings. The van der Waals surface area contributed by atoms with Crippen molar-refractivity contribution in [2.75, 3.05) is 5.21 Å². The van der Waals surface area contributed by atoms with E-state index in [9.17, 15) is 13.2 Å². The van der Waals surface area contributed by atoms with Crippen molar-refractivity contribution in [3.63, 3.8) is 0 Å². The number of carbonyl (C=O) groups is 1. The fourth-order valence-corrected chi connectivity index (χ4v) is 1.66. The molecule has 0 saturated heterocycles. The maximum Gasteiger partial charge on any atom is 0.238 e. The zero-order chi connectivity index (χ0) is 11.4. The smallest absolute Gasteiger partial charge is 0.238 e. The van der Waals surface area contributed by atoms with Gasteiger partial charge >= 0.3 is 0 Å². The lowest BCUT2D eigenvalue weighted by molar-refractivity contribution is -0.122. The maximum atomic E-state index is 11.3. The Balaban J connectivity index is 4.22. The van der Waals surface area contributed by atoms with Gasteiger partial charge < -0.3 is 5.32 Å². The Morgan fingerprint density at radius 3 is 2.21 bits per heavy atom. The Bertz CT molecular complexity index is 289. The van der Waals surface area contributed by atoms with Crippen molar-refractivity contribution >= 4 is 27.5 Å². The first kappa shape index (κ1) is 13.7. The second-order valence-electron chi connectivity index (χ2n) is 3.23. The molecular weight excluding hydrogens is 228 g/mol.